The average Bonchev–Trinajstić information content (AvgIpc) is 2.69. The number of hydrogen-bond donors (Lipinski definition) is 1. The highest BCUT2D eigenvalue weighted by molar-refractivity contribution is 5.93. The number of aromatic nitrogens is 1. The number of aliphatic hydroxyl groups is 1. The Labute approximate surface area is 99.7 Å². The number of carbonyl (C=O) groups excluding carboxylic acids is 1. The number of fused-ring (bicyclic) bond motifs is 1. The summed E-state index contributed by atoms with van der Waals surface area (Å²) in [5.74, 6) is 2.34. The van der Waals surface area contributed by atoms with Crippen LogP contribution in [0.2, 0.25) is 0 Å². The van der Waals surface area contributed by atoms with Crippen molar-refractivity contribution in [1.82, 2.24) is 4.57 Å². The van der Waals surface area contributed by atoms with Gasteiger partial charge in [-0.1, -0.05) is 18.2 Å². The van der Waals surface area contributed by atoms with E-state index in [1.165, 1.54) is 11.5 Å². The van der Waals surface area contributed by atoms with Gasteiger partial charge in [0.05, 0.1) is 11.6 Å². The zero-order valence-electron chi connectivity index (χ0n) is 9.55. The maximum Gasteiger partial charge on any atom is 0.227 e. The summed E-state index contributed by atoms with van der Waals surface area (Å²) in [4.78, 5) is 11.5. The van der Waals surface area contributed by atoms with Crippen molar-refractivity contribution >= 4 is 16.8 Å². The summed E-state index contributed by atoms with van der Waals surface area (Å²) in [6.07, 6.45) is 6.37. The van der Waals surface area contributed by atoms with Crippen molar-refractivity contribution in [3.05, 3.63) is 36.0 Å². The SMILES string of the molecule is C#CCC(O)c1cn(C(C)=O)c2ccccc12. The fourth-order valence-corrected chi connectivity index (χ4v) is 1.95. The predicted octanol–water partition coefficient (Wildman–Crippen LogP) is 2.36. The van der Waals surface area contributed by atoms with Crippen molar-refractivity contribution in [3.8, 4) is 12.3 Å². The lowest BCUT2D eigenvalue weighted by Gasteiger charge is -2.04. The lowest BCUT2D eigenvalue weighted by atomic mass is 10.1. The molecule has 0 fully saturated rings. The Morgan fingerprint density at radius 1 is 1.53 bits per heavy atom. The minimum Gasteiger partial charge on any atom is -0.387 e. The molecule has 1 aromatic carbocycles. The summed E-state index contributed by atoms with van der Waals surface area (Å²) < 4.78 is 1.53. The smallest absolute Gasteiger partial charge is 0.227 e. The molecule has 17 heavy (non-hydrogen) atoms. The molecule has 0 saturated heterocycles. The van der Waals surface area contributed by atoms with Gasteiger partial charge in [-0.05, 0) is 6.07 Å². The first kappa shape index (κ1) is 11.4. The summed E-state index contributed by atoms with van der Waals surface area (Å²) >= 11 is 0. The van der Waals surface area contributed by atoms with Gasteiger partial charge in [0.15, 0.2) is 0 Å². The van der Waals surface area contributed by atoms with E-state index in [-0.39, 0.29) is 12.3 Å². The first-order valence-electron chi connectivity index (χ1n) is 5.37. The van der Waals surface area contributed by atoms with Crippen LogP contribution in [0, 0.1) is 12.3 Å². The predicted molar refractivity (Wildman–Crippen MR) is 66.6 cm³/mol. The second-order valence-electron chi connectivity index (χ2n) is 3.91. The van der Waals surface area contributed by atoms with Crippen LogP contribution in [0.5, 0.6) is 0 Å². The number of hydrogen-bond acceptors (Lipinski definition) is 2. The normalized spacial score (nSPS) is 12.3. The monoisotopic (exact) mass is 227 g/mol. The van der Waals surface area contributed by atoms with E-state index >= 15 is 0 Å². The number of aliphatic hydroxyl groups excluding tert-OH is 1. The van der Waals surface area contributed by atoms with E-state index < -0.39 is 6.10 Å². The van der Waals surface area contributed by atoms with Gasteiger partial charge >= 0.3 is 0 Å². The van der Waals surface area contributed by atoms with E-state index in [0.29, 0.717) is 5.56 Å². The molecule has 0 aliphatic rings. The molecule has 0 amide bonds. The number of terminal acetylenes is 1. The lowest BCUT2D eigenvalue weighted by molar-refractivity contribution is 0.0941. The van der Waals surface area contributed by atoms with Crippen molar-refractivity contribution in [2.75, 3.05) is 0 Å². The molecule has 1 unspecified atom stereocenters. The Morgan fingerprint density at radius 2 is 2.24 bits per heavy atom. The third-order valence-corrected chi connectivity index (χ3v) is 2.75. The summed E-state index contributed by atoms with van der Waals surface area (Å²) in [6.45, 7) is 1.49. The molecular formula is C14H13NO2. The molecule has 1 aromatic heterocycles. The molecule has 0 aliphatic heterocycles. The zero-order chi connectivity index (χ0) is 12.4. The Balaban J connectivity index is 2.65. The van der Waals surface area contributed by atoms with Gasteiger partial charge in [0.1, 0.15) is 0 Å². The Hall–Kier alpha value is -2.05. The van der Waals surface area contributed by atoms with Gasteiger partial charge in [-0.25, -0.2) is 0 Å². The summed E-state index contributed by atoms with van der Waals surface area (Å²) in [7, 11) is 0. The van der Waals surface area contributed by atoms with Gasteiger partial charge in [-0.2, -0.15) is 0 Å². The molecule has 1 N–H and O–H groups in total. The van der Waals surface area contributed by atoms with Gasteiger partial charge in [-0.15, -0.1) is 12.3 Å². The fraction of sp³-hybridized carbons (Fsp3) is 0.214. The standard InChI is InChI=1S/C14H13NO2/c1-3-6-14(17)12-9-15(10(2)16)13-8-5-4-7-11(12)13/h1,4-5,7-9,14,17H,6H2,2H3. The van der Waals surface area contributed by atoms with Gasteiger partial charge in [-0.3, -0.25) is 9.36 Å². The van der Waals surface area contributed by atoms with Crippen molar-refractivity contribution in [1.29, 1.82) is 0 Å². The second kappa shape index (κ2) is 4.44. The highest BCUT2D eigenvalue weighted by atomic mass is 16.3. The Bertz CT molecular complexity index is 604. The molecule has 1 atom stereocenters. The quantitative estimate of drug-likeness (QED) is 0.800. The molecule has 3 nitrogen and oxygen atoms in total. The number of nitrogens with zero attached hydrogens (tertiary/aromatic N) is 1. The topological polar surface area (TPSA) is 42.2 Å². The van der Waals surface area contributed by atoms with Crippen LogP contribution in [-0.2, 0) is 0 Å². The van der Waals surface area contributed by atoms with Gasteiger partial charge in [0.2, 0.25) is 5.91 Å². The van der Waals surface area contributed by atoms with Crippen molar-refractivity contribution < 1.29 is 9.90 Å². The van der Waals surface area contributed by atoms with Crippen LogP contribution in [-0.4, -0.2) is 15.6 Å². The summed E-state index contributed by atoms with van der Waals surface area (Å²) in [5.41, 5.74) is 1.50. The number of rotatable bonds is 2. The first-order chi connectivity index (χ1) is 8.15. The lowest BCUT2D eigenvalue weighted by Crippen LogP contribution is -2.03. The van der Waals surface area contributed by atoms with E-state index in [1.807, 2.05) is 24.3 Å². The molecule has 2 rings (SSSR count). The minimum absolute atomic E-state index is 0.0830. The summed E-state index contributed by atoms with van der Waals surface area (Å²) in [5, 5.41) is 10.8. The van der Waals surface area contributed by atoms with Crippen LogP contribution in [0.4, 0.5) is 0 Å². The maximum absolute atomic E-state index is 11.5. The number of carbonyl (C=O) groups is 1. The van der Waals surface area contributed by atoms with Gasteiger partial charge in [0, 0.05) is 30.5 Å². The molecule has 1 heterocycles. The zero-order valence-corrected chi connectivity index (χ0v) is 9.55. The highest BCUT2D eigenvalue weighted by Gasteiger charge is 2.15. The molecular weight excluding hydrogens is 214 g/mol. The molecule has 0 aliphatic carbocycles. The third kappa shape index (κ3) is 1.95. The number of benzene rings is 1. The molecule has 3 heteroatoms. The number of para-hydroxylation sites is 1. The van der Waals surface area contributed by atoms with E-state index in [2.05, 4.69) is 5.92 Å². The highest BCUT2D eigenvalue weighted by Crippen LogP contribution is 2.27. The van der Waals surface area contributed by atoms with Crippen LogP contribution in [0.15, 0.2) is 30.5 Å². The third-order valence-electron chi connectivity index (χ3n) is 2.75. The van der Waals surface area contributed by atoms with Crippen LogP contribution >= 0.6 is 0 Å². The maximum atomic E-state index is 11.5. The molecule has 0 radical (unpaired) electrons. The largest absolute Gasteiger partial charge is 0.387 e. The van der Waals surface area contributed by atoms with E-state index in [0.717, 1.165) is 10.9 Å². The Morgan fingerprint density at radius 3 is 2.88 bits per heavy atom. The van der Waals surface area contributed by atoms with Crippen molar-refractivity contribution in [3.63, 3.8) is 0 Å². The van der Waals surface area contributed by atoms with Crippen molar-refractivity contribution in [2.24, 2.45) is 0 Å². The van der Waals surface area contributed by atoms with Gasteiger partial charge < -0.3 is 5.11 Å². The molecule has 0 bridgehead atoms. The molecule has 0 saturated carbocycles. The second-order valence-corrected chi connectivity index (χ2v) is 3.91. The molecule has 2 aromatic rings. The molecule has 0 spiro atoms. The van der Waals surface area contributed by atoms with Crippen molar-refractivity contribution in [2.45, 2.75) is 19.4 Å². The fourth-order valence-electron chi connectivity index (χ4n) is 1.95. The van der Waals surface area contributed by atoms with Crippen LogP contribution in [0.25, 0.3) is 10.9 Å². The van der Waals surface area contributed by atoms with E-state index in [9.17, 15) is 9.90 Å². The van der Waals surface area contributed by atoms with E-state index in [4.69, 9.17) is 6.42 Å². The van der Waals surface area contributed by atoms with Crippen LogP contribution in [0.3, 0.4) is 0 Å². The average molecular weight is 227 g/mol. The van der Waals surface area contributed by atoms with Crippen LogP contribution in [0.1, 0.15) is 29.8 Å². The van der Waals surface area contributed by atoms with Gasteiger partial charge in [0.25, 0.3) is 0 Å². The Kier molecular flexibility index (Phi) is 2.99. The van der Waals surface area contributed by atoms with E-state index in [1.54, 1.807) is 6.20 Å². The minimum atomic E-state index is -0.731. The molecule has 86 valence electrons. The van der Waals surface area contributed by atoms with Crippen LogP contribution < -0.4 is 0 Å². The first-order valence-corrected chi connectivity index (χ1v) is 5.37. The summed E-state index contributed by atoms with van der Waals surface area (Å²) in [6, 6.07) is 7.46.